The lowest BCUT2D eigenvalue weighted by Crippen LogP contribution is -1.69. The Morgan fingerprint density at radius 1 is 0.875 bits per heavy atom. The molecule has 0 spiro atoms. The number of hydrogen-bond donors (Lipinski definition) is 0. The van der Waals surface area contributed by atoms with E-state index in [1.54, 1.807) is 12.4 Å². The molecule has 2 nitrogen and oxygen atoms in total. The van der Waals surface area contributed by atoms with Crippen LogP contribution in [0.25, 0.3) is 0 Å². The summed E-state index contributed by atoms with van der Waals surface area (Å²) < 4.78 is 0. The molecule has 0 amide bonds. The van der Waals surface area contributed by atoms with Gasteiger partial charge in [-0.05, 0) is 12.2 Å². The summed E-state index contributed by atoms with van der Waals surface area (Å²) in [7, 11) is 0. The van der Waals surface area contributed by atoms with Crippen LogP contribution >= 0.6 is 0 Å². The van der Waals surface area contributed by atoms with Crippen LogP contribution in [0.1, 0.15) is 0 Å². The summed E-state index contributed by atoms with van der Waals surface area (Å²) in [5, 5.41) is 0. The quantitative estimate of drug-likeness (QED) is 0.443. The van der Waals surface area contributed by atoms with Crippen molar-refractivity contribution >= 4 is 12.6 Å². The third kappa shape index (κ3) is 1.51. The number of aliphatic imine (C=N–C) groups is 2. The van der Waals surface area contributed by atoms with E-state index in [4.69, 9.17) is 0 Å². The molecular weight excluding hydrogens is 100 g/mol. The Kier molecular flexibility index (Phi) is 1.80. The van der Waals surface area contributed by atoms with E-state index in [1.165, 1.54) is 6.34 Å². The molecule has 1 heterocycles. The Morgan fingerprint density at radius 2 is 1.88 bits per heavy atom. The normalized spacial score (nSPS) is 20.0. The SMILES string of the molecule is C1=C/C=C\N=CN=C1. The van der Waals surface area contributed by atoms with Gasteiger partial charge < -0.3 is 0 Å². The topological polar surface area (TPSA) is 24.7 Å². The van der Waals surface area contributed by atoms with Crippen LogP contribution in [0.5, 0.6) is 0 Å². The third-order valence-electron chi connectivity index (χ3n) is 0.700. The fraction of sp³-hybridized carbons (Fsp3) is 0. The van der Waals surface area contributed by atoms with Gasteiger partial charge in [0, 0.05) is 12.4 Å². The lowest BCUT2D eigenvalue weighted by Gasteiger charge is -1.77. The fourth-order valence-electron chi connectivity index (χ4n) is 0.378. The first-order valence-corrected chi connectivity index (χ1v) is 2.37. The molecule has 1 rings (SSSR count). The highest BCUT2D eigenvalue weighted by Crippen LogP contribution is 1.79. The number of hydrogen-bond acceptors (Lipinski definition) is 2. The Bertz CT molecular complexity index is 107. The maximum Gasteiger partial charge on any atom is 0.115 e. The van der Waals surface area contributed by atoms with Gasteiger partial charge in [-0.2, -0.15) is 0 Å². The summed E-state index contributed by atoms with van der Waals surface area (Å²) in [5.41, 5.74) is 0. The third-order valence-corrected chi connectivity index (χ3v) is 0.700. The van der Waals surface area contributed by atoms with Crippen molar-refractivity contribution in [3.05, 3.63) is 24.4 Å². The van der Waals surface area contributed by atoms with Gasteiger partial charge in [-0.15, -0.1) is 0 Å². The van der Waals surface area contributed by atoms with Crippen molar-refractivity contribution in [2.45, 2.75) is 0 Å². The van der Waals surface area contributed by atoms with Gasteiger partial charge in [0.25, 0.3) is 0 Å². The van der Waals surface area contributed by atoms with Crippen LogP contribution < -0.4 is 0 Å². The van der Waals surface area contributed by atoms with E-state index in [0.29, 0.717) is 0 Å². The second kappa shape index (κ2) is 2.91. The summed E-state index contributed by atoms with van der Waals surface area (Å²) >= 11 is 0. The average molecular weight is 106 g/mol. The highest BCUT2D eigenvalue weighted by molar-refractivity contribution is 5.80. The van der Waals surface area contributed by atoms with Crippen molar-refractivity contribution in [3.8, 4) is 0 Å². The molecule has 40 valence electrons. The van der Waals surface area contributed by atoms with E-state index in [9.17, 15) is 0 Å². The summed E-state index contributed by atoms with van der Waals surface area (Å²) in [5.74, 6) is 0. The van der Waals surface area contributed by atoms with Crippen molar-refractivity contribution in [2.75, 3.05) is 0 Å². The molecule has 0 aromatic rings. The monoisotopic (exact) mass is 106 g/mol. The Balaban J connectivity index is 2.67. The molecule has 0 fully saturated rings. The molecule has 0 saturated carbocycles. The second-order valence-corrected chi connectivity index (χ2v) is 1.29. The van der Waals surface area contributed by atoms with Gasteiger partial charge in [-0.1, -0.05) is 6.08 Å². The van der Waals surface area contributed by atoms with E-state index in [0.717, 1.165) is 0 Å². The highest BCUT2D eigenvalue weighted by atomic mass is 14.8. The van der Waals surface area contributed by atoms with Crippen molar-refractivity contribution in [2.24, 2.45) is 9.98 Å². The predicted octanol–water partition coefficient (Wildman–Crippen LogP) is 1.17. The van der Waals surface area contributed by atoms with Crippen LogP contribution in [0.15, 0.2) is 34.4 Å². The first-order valence-electron chi connectivity index (χ1n) is 2.37. The van der Waals surface area contributed by atoms with E-state index in [1.807, 2.05) is 18.2 Å². The van der Waals surface area contributed by atoms with Gasteiger partial charge in [0.15, 0.2) is 0 Å². The summed E-state index contributed by atoms with van der Waals surface area (Å²) in [6, 6.07) is 0. The van der Waals surface area contributed by atoms with Gasteiger partial charge in [0.2, 0.25) is 0 Å². The molecule has 0 bridgehead atoms. The fourth-order valence-corrected chi connectivity index (χ4v) is 0.378. The van der Waals surface area contributed by atoms with E-state index in [-0.39, 0.29) is 0 Å². The standard InChI is InChI=1S/C6H6N2/c1-2-4-7-6-8-5-3-1/h1-6H/b2-1?,3-1?,4-2-,5-3?,7-4?,7-6?,8-5?,8-6?. The lowest BCUT2D eigenvalue weighted by atomic mass is 10.5. The van der Waals surface area contributed by atoms with Crippen LogP contribution in [0.3, 0.4) is 0 Å². The molecule has 0 aromatic heterocycles. The largest absolute Gasteiger partial charge is 0.245 e. The van der Waals surface area contributed by atoms with Gasteiger partial charge in [-0.3, -0.25) is 0 Å². The first kappa shape index (κ1) is 4.97. The minimum Gasteiger partial charge on any atom is -0.245 e. The molecule has 0 N–H and O–H groups in total. The number of nitrogens with zero attached hydrogens (tertiary/aromatic N) is 2. The van der Waals surface area contributed by atoms with Gasteiger partial charge in [0.1, 0.15) is 6.34 Å². The molecule has 0 radical (unpaired) electrons. The zero-order chi connectivity index (χ0) is 5.66. The Morgan fingerprint density at radius 3 is 2.88 bits per heavy atom. The van der Waals surface area contributed by atoms with Crippen LogP contribution in [-0.4, -0.2) is 12.6 Å². The summed E-state index contributed by atoms with van der Waals surface area (Å²) in [4.78, 5) is 7.55. The molecule has 1 aliphatic heterocycles. The Hall–Kier alpha value is -1.18. The zero-order valence-electron chi connectivity index (χ0n) is 4.36. The highest BCUT2D eigenvalue weighted by Gasteiger charge is 1.66. The number of rotatable bonds is 0. The summed E-state index contributed by atoms with van der Waals surface area (Å²) in [6.07, 6.45) is 10.4. The number of allylic oxidation sites excluding steroid dienone is 3. The summed E-state index contributed by atoms with van der Waals surface area (Å²) in [6.45, 7) is 0. The molecule has 0 unspecified atom stereocenters. The van der Waals surface area contributed by atoms with Crippen molar-refractivity contribution in [1.29, 1.82) is 0 Å². The maximum absolute atomic E-state index is 3.78. The average Bonchev–Trinajstić information content (AvgIpc) is 1.62. The molecule has 8 heavy (non-hydrogen) atoms. The van der Waals surface area contributed by atoms with Gasteiger partial charge in [-0.25, -0.2) is 9.98 Å². The second-order valence-electron chi connectivity index (χ2n) is 1.29. The molecule has 1 aliphatic rings. The molecule has 0 saturated heterocycles. The zero-order valence-corrected chi connectivity index (χ0v) is 4.36. The van der Waals surface area contributed by atoms with Crippen molar-refractivity contribution in [3.63, 3.8) is 0 Å². The Labute approximate surface area is 48.0 Å². The minimum atomic E-state index is 1.50. The van der Waals surface area contributed by atoms with Crippen molar-refractivity contribution < 1.29 is 0 Å². The molecule has 0 atom stereocenters. The molecule has 2 heteroatoms. The predicted molar refractivity (Wildman–Crippen MR) is 35.3 cm³/mol. The minimum absolute atomic E-state index is 1.50. The van der Waals surface area contributed by atoms with Crippen LogP contribution in [-0.2, 0) is 0 Å². The molecule has 0 aromatic carbocycles. The molecule has 0 aliphatic carbocycles. The lowest BCUT2D eigenvalue weighted by molar-refractivity contribution is 1.54. The smallest absolute Gasteiger partial charge is 0.115 e. The van der Waals surface area contributed by atoms with Crippen LogP contribution in [0, 0.1) is 0 Å². The van der Waals surface area contributed by atoms with Crippen LogP contribution in [0.2, 0.25) is 0 Å². The van der Waals surface area contributed by atoms with Gasteiger partial charge >= 0.3 is 0 Å². The van der Waals surface area contributed by atoms with E-state index < -0.39 is 0 Å². The molecular formula is C6H6N2. The maximum atomic E-state index is 3.78. The first-order chi connectivity index (χ1) is 4.00. The van der Waals surface area contributed by atoms with E-state index >= 15 is 0 Å². The van der Waals surface area contributed by atoms with Crippen molar-refractivity contribution in [1.82, 2.24) is 0 Å². The van der Waals surface area contributed by atoms with E-state index in [2.05, 4.69) is 9.98 Å². The van der Waals surface area contributed by atoms with Gasteiger partial charge in [0.05, 0.1) is 0 Å². The van der Waals surface area contributed by atoms with Crippen LogP contribution in [0.4, 0.5) is 0 Å².